The van der Waals surface area contributed by atoms with Crippen LogP contribution in [0.4, 0.5) is 0 Å². The molecular formula is C54H101N3O16S2. The number of hydrogen-bond acceptors (Lipinski definition) is 19. The largest absolute Gasteiger partial charge is 0.480 e. The topological polar surface area (TPSA) is 197 Å². The van der Waals surface area contributed by atoms with Crippen molar-refractivity contribution in [3.63, 3.8) is 0 Å². The third-order valence-electron chi connectivity index (χ3n) is 10.9. The van der Waals surface area contributed by atoms with Gasteiger partial charge < -0.3 is 71.4 Å². The zero-order valence-corrected chi connectivity index (χ0v) is 47.7. The summed E-state index contributed by atoms with van der Waals surface area (Å²) >= 11 is 0. The number of nitrogens with zero attached hydrogens (tertiary/aromatic N) is 3. The van der Waals surface area contributed by atoms with Gasteiger partial charge in [0, 0.05) is 24.7 Å². The summed E-state index contributed by atoms with van der Waals surface area (Å²) in [7, 11) is 4.16. The van der Waals surface area contributed by atoms with Gasteiger partial charge in [-0.25, -0.2) is 4.68 Å². The normalized spacial score (nSPS) is 11.6. The predicted molar refractivity (Wildman–Crippen MR) is 295 cm³/mol. The zero-order chi connectivity index (χ0) is 53.5. The minimum absolute atomic E-state index is 0.227. The fourth-order valence-corrected chi connectivity index (χ4v) is 9.18. The highest BCUT2D eigenvalue weighted by Crippen LogP contribution is 2.25. The van der Waals surface area contributed by atoms with Crippen LogP contribution in [-0.4, -0.2) is 216 Å². The lowest BCUT2D eigenvalue weighted by Gasteiger charge is -2.08. The van der Waals surface area contributed by atoms with Gasteiger partial charge in [0.25, 0.3) is 0 Å². The first-order valence-corrected chi connectivity index (χ1v) is 30.6. The Hall–Kier alpha value is -1.69. The summed E-state index contributed by atoms with van der Waals surface area (Å²) in [6.07, 6.45) is 30.4. The molecule has 0 aliphatic carbocycles. The van der Waals surface area contributed by atoms with E-state index in [1.165, 1.54) is 119 Å². The maximum Gasteiger partial charge on any atom is 0.325 e. The van der Waals surface area contributed by atoms with E-state index in [9.17, 15) is 4.79 Å². The summed E-state index contributed by atoms with van der Waals surface area (Å²) < 4.78 is 78.3. The van der Waals surface area contributed by atoms with Crippen LogP contribution in [0.25, 0.3) is 0 Å². The Labute approximate surface area is 459 Å². The average molecular weight is 1110 g/mol. The second kappa shape index (κ2) is 63.1. The van der Waals surface area contributed by atoms with E-state index in [2.05, 4.69) is 37.8 Å². The first kappa shape index (κ1) is 71.3. The molecule has 1 heterocycles. The molecule has 0 bridgehead atoms. The zero-order valence-electron chi connectivity index (χ0n) is 46.0. The summed E-state index contributed by atoms with van der Waals surface area (Å²) in [4.78, 5) is 10.7. The monoisotopic (exact) mass is 1110 g/mol. The molecule has 0 aliphatic rings. The van der Waals surface area contributed by atoms with Crippen molar-refractivity contribution in [1.82, 2.24) is 15.0 Å². The molecule has 1 rings (SSSR count). The Kier molecular flexibility index (Phi) is 60.0. The number of carbonyl (C=O) groups is 1. The van der Waals surface area contributed by atoms with Gasteiger partial charge in [0.05, 0.1) is 171 Å². The van der Waals surface area contributed by atoms with Crippen LogP contribution in [0.2, 0.25) is 0 Å². The molecule has 0 atom stereocenters. The van der Waals surface area contributed by atoms with Crippen molar-refractivity contribution in [3.8, 4) is 12.3 Å². The van der Waals surface area contributed by atoms with Crippen molar-refractivity contribution in [2.24, 2.45) is 0 Å². The van der Waals surface area contributed by atoms with Crippen molar-refractivity contribution in [2.75, 3.05) is 190 Å². The van der Waals surface area contributed by atoms with Crippen LogP contribution in [-0.2, 0) is 84.3 Å². The molecule has 0 saturated heterocycles. The lowest BCUT2D eigenvalue weighted by atomic mass is 10.1. The van der Waals surface area contributed by atoms with Gasteiger partial charge in [0.15, 0.2) is 0 Å². The van der Waals surface area contributed by atoms with Crippen LogP contribution in [0.3, 0.4) is 0 Å². The van der Waals surface area contributed by atoms with Gasteiger partial charge in [-0.2, -0.15) is 0 Å². The molecular weight excluding hydrogens is 1010 g/mol. The lowest BCUT2D eigenvalue weighted by molar-refractivity contribution is -0.137. The number of aromatic nitrogens is 3. The van der Waals surface area contributed by atoms with E-state index in [0.29, 0.717) is 171 Å². The first-order chi connectivity index (χ1) is 37.2. The fraction of sp³-hybridized carbons (Fsp3) is 0.907. The van der Waals surface area contributed by atoms with Crippen LogP contribution in [0, 0.1) is 12.3 Å². The minimum atomic E-state index is -0.974. The molecule has 0 saturated carbocycles. The van der Waals surface area contributed by atoms with Crippen LogP contribution < -0.4 is 0 Å². The first-order valence-electron chi connectivity index (χ1n) is 28.1. The number of hydrogen-bond donors (Lipinski definition) is 1. The van der Waals surface area contributed by atoms with E-state index in [1.807, 2.05) is 0 Å². The van der Waals surface area contributed by atoms with Gasteiger partial charge in [0.1, 0.15) is 18.8 Å². The van der Waals surface area contributed by atoms with Gasteiger partial charge in [-0.15, -0.1) is 11.5 Å². The van der Waals surface area contributed by atoms with E-state index >= 15 is 0 Å². The molecule has 0 radical (unpaired) electrons. The van der Waals surface area contributed by atoms with Crippen LogP contribution in [0.1, 0.15) is 121 Å². The van der Waals surface area contributed by atoms with Crippen molar-refractivity contribution < 1.29 is 76.2 Å². The number of rotatable bonds is 66. The third kappa shape index (κ3) is 59.8. The molecule has 440 valence electrons. The van der Waals surface area contributed by atoms with Crippen molar-refractivity contribution >= 4 is 27.6 Å². The van der Waals surface area contributed by atoms with E-state index < -0.39 is 5.97 Å². The molecule has 0 aliphatic heterocycles. The summed E-state index contributed by atoms with van der Waals surface area (Å²) in [6.45, 7) is 14.6. The standard InChI is InChI=1S/C54H101N3O16S2/c1-2-21-60-24-27-63-30-33-66-36-39-69-40-37-67-34-31-64-28-25-61-22-17-13-9-5-3-7-11-15-19-48-74-75-49-20-16-12-8-4-6-10-14-18-23-62-26-29-65-32-35-68-38-41-70-42-43-71-44-45-72-46-47-73-52-53-50-57(56-55-53)51-54(58)59/h1,50H,3-49,51-52H2,(H,58,59). The lowest BCUT2D eigenvalue weighted by Crippen LogP contribution is -2.14. The molecule has 0 unspecified atom stereocenters. The highest BCUT2D eigenvalue weighted by Gasteiger charge is 2.05. The molecule has 0 amide bonds. The van der Waals surface area contributed by atoms with E-state index in [1.54, 1.807) is 6.20 Å². The number of ether oxygens (including phenoxy) is 14. The average Bonchev–Trinajstić information content (AvgIpc) is 3.86. The summed E-state index contributed by atoms with van der Waals surface area (Å²) in [5.74, 6) is 4.03. The Morgan fingerprint density at radius 2 is 0.667 bits per heavy atom. The summed E-state index contributed by atoms with van der Waals surface area (Å²) in [5, 5.41) is 16.3. The highest BCUT2D eigenvalue weighted by molar-refractivity contribution is 8.76. The molecule has 19 nitrogen and oxygen atoms in total. The van der Waals surface area contributed by atoms with E-state index in [0.717, 1.165) is 26.1 Å². The molecule has 1 aromatic heterocycles. The summed E-state index contributed by atoms with van der Waals surface area (Å²) in [6, 6.07) is 0. The van der Waals surface area contributed by atoms with Gasteiger partial charge in [-0.1, -0.05) is 123 Å². The molecule has 21 heteroatoms. The number of terminal acetylenes is 1. The second-order valence-electron chi connectivity index (χ2n) is 17.5. The number of carboxylic acids is 1. The van der Waals surface area contributed by atoms with Crippen molar-refractivity contribution in [3.05, 3.63) is 11.9 Å². The van der Waals surface area contributed by atoms with Gasteiger partial charge in [-0.05, 0) is 25.7 Å². The summed E-state index contributed by atoms with van der Waals surface area (Å²) in [5.41, 5.74) is 0.570. The molecule has 0 fully saturated rings. The number of aliphatic carboxylic acids is 1. The van der Waals surface area contributed by atoms with Crippen LogP contribution in [0.5, 0.6) is 0 Å². The SMILES string of the molecule is C#CCOCCOCCOCCOCCOCCOCCOCCCCCCCCCCCSSCCCCCCCCCCCOCCOCCOCCOCCOCCOCCOCc1cn(CC(=O)O)nn1. The molecule has 1 N–H and O–H groups in total. The molecule has 0 spiro atoms. The van der Waals surface area contributed by atoms with Crippen molar-refractivity contribution in [1.29, 1.82) is 0 Å². The third-order valence-corrected chi connectivity index (χ3v) is 13.5. The maximum absolute atomic E-state index is 10.7. The Morgan fingerprint density at radius 1 is 0.400 bits per heavy atom. The maximum atomic E-state index is 10.7. The fourth-order valence-electron chi connectivity index (χ4n) is 6.89. The minimum Gasteiger partial charge on any atom is -0.480 e. The highest BCUT2D eigenvalue weighted by atomic mass is 33.1. The molecule has 75 heavy (non-hydrogen) atoms. The second-order valence-corrected chi connectivity index (χ2v) is 20.2. The predicted octanol–water partition coefficient (Wildman–Crippen LogP) is 8.13. The van der Waals surface area contributed by atoms with E-state index in [-0.39, 0.29) is 13.2 Å². The molecule has 1 aromatic rings. The Balaban J connectivity index is 1.60. The molecule has 0 aromatic carbocycles. The van der Waals surface area contributed by atoms with E-state index in [4.69, 9.17) is 77.8 Å². The Morgan fingerprint density at radius 3 is 0.973 bits per heavy atom. The Bertz CT molecular complexity index is 1320. The van der Waals surface area contributed by atoms with Gasteiger partial charge in [0.2, 0.25) is 0 Å². The van der Waals surface area contributed by atoms with Gasteiger partial charge in [-0.3, -0.25) is 4.79 Å². The number of carboxylic acid groups (broad SMARTS) is 1. The van der Waals surface area contributed by atoms with Crippen molar-refractivity contribution in [2.45, 2.75) is 129 Å². The van der Waals surface area contributed by atoms with Crippen LogP contribution in [0.15, 0.2) is 6.20 Å². The van der Waals surface area contributed by atoms with Gasteiger partial charge >= 0.3 is 5.97 Å². The van der Waals surface area contributed by atoms with Crippen LogP contribution >= 0.6 is 21.6 Å². The quantitative estimate of drug-likeness (QED) is 0.0372. The number of unbranched alkanes of at least 4 members (excludes halogenated alkanes) is 16. The smallest absolute Gasteiger partial charge is 0.325 e.